The van der Waals surface area contributed by atoms with Crippen LogP contribution < -0.4 is 10.1 Å². The molecule has 2 aromatic rings. The second-order valence-electron chi connectivity index (χ2n) is 5.40. The molecule has 6 nitrogen and oxygen atoms in total. The van der Waals surface area contributed by atoms with Gasteiger partial charge in [0.05, 0.1) is 17.7 Å². The first-order chi connectivity index (χ1) is 12.5. The topological polar surface area (TPSA) is 88.4 Å². The molecule has 26 heavy (non-hydrogen) atoms. The molecule has 0 aliphatic heterocycles. The summed E-state index contributed by atoms with van der Waals surface area (Å²) in [7, 11) is 0. The molecule has 0 aliphatic rings. The van der Waals surface area contributed by atoms with Crippen LogP contribution >= 0.6 is 11.6 Å². The lowest BCUT2D eigenvalue weighted by atomic mass is 10.1. The Morgan fingerprint density at radius 2 is 1.85 bits per heavy atom. The molecule has 0 unspecified atom stereocenters. The molecule has 2 aromatic carbocycles. The van der Waals surface area contributed by atoms with Crippen molar-refractivity contribution < 1.29 is 19.1 Å². The maximum absolute atomic E-state index is 11.9. The highest BCUT2D eigenvalue weighted by atomic mass is 35.5. The average Bonchev–Trinajstić information content (AvgIpc) is 2.65. The van der Waals surface area contributed by atoms with Gasteiger partial charge >= 0.3 is 5.97 Å². The minimum absolute atomic E-state index is 0.315. The number of amides is 1. The highest BCUT2D eigenvalue weighted by Crippen LogP contribution is 2.21. The Bertz CT molecular complexity index is 815. The molecule has 0 fully saturated rings. The Balaban J connectivity index is 1.73. The smallest absolute Gasteiger partial charge is 0.344 e. The van der Waals surface area contributed by atoms with E-state index in [2.05, 4.69) is 5.32 Å². The number of nitrogens with one attached hydrogen (secondary N) is 1. The number of hydrogen-bond acceptors (Lipinski definition) is 5. The normalized spacial score (nSPS) is 11.1. The van der Waals surface area contributed by atoms with Gasteiger partial charge in [0, 0.05) is 5.02 Å². The van der Waals surface area contributed by atoms with E-state index in [1.807, 2.05) is 18.2 Å². The summed E-state index contributed by atoms with van der Waals surface area (Å²) in [5, 5.41) is 12.0. The molecule has 0 radical (unpaired) electrons. The predicted molar refractivity (Wildman–Crippen MR) is 95.6 cm³/mol. The highest BCUT2D eigenvalue weighted by Gasteiger charge is 2.14. The lowest BCUT2D eigenvalue weighted by molar-refractivity contribution is -0.150. The minimum atomic E-state index is -0.671. The molecule has 0 heterocycles. The van der Waals surface area contributed by atoms with E-state index in [0.29, 0.717) is 16.3 Å². The Morgan fingerprint density at radius 3 is 2.50 bits per heavy atom. The van der Waals surface area contributed by atoms with Gasteiger partial charge in [-0.3, -0.25) is 4.79 Å². The van der Waals surface area contributed by atoms with Crippen LogP contribution in [0.4, 0.5) is 0 Å². The standard InChI is InChI=1S/C19H17ClN2O4/c1-13(16-4-2-3-5-17(16)20)22-18(23)11-26-19(24)12-25-15-8-6-14(10-21)7-9-15/h2-9,13H,11-12H2,1H3,(H,22,23)/t13-/m0/s1. The summed E-state index contributed by atoms with van der Waals surface area (Å²) in [5.74, 6) is -0.684. The fourth-order valence-electron chi connectivity index (χ4n) is 2.14. The van der Waals surface area contributed by atoms with E-state index in [9.17, 15) is 9.59 Å². The van der Waals surface area contributed by atoms with Gasteiger partial charge in [-0.25, -0.2) is 4.79 Å². The number of esters is 1. The van der Waals surface area contributed by atoms with Gasteiger partial charge in [-0.05, 0) is 42.8 Å². The molecule has 1 N–H and O–H groups in total. The van der Waals surface area contributed by atoms with Gasteiger partial charge in [-0.1, -0.05) is 29.8 Å². The van der Waals surface area contributed by atoms with Crippen molar-refractivity contribution in [3.05, 3.63) is 64.7 Å². The van der Waals surface area contributed by atoms with Gasteiger partial charge in [-0.15, -0.1) is 0 Å². The van der Waals surface area contributed by atoms with E-state index in [1.54, 1.807) is 43.3 Å². The van der Waals surface area contributed by atoms with E-state index in [0.717, 1.165) is 5.56 Å². The number of rotatable bonds is 7. The van der Waals surface area contributed by atoms with Crippen LogP contribution in [0, 0.1) is 11.3 Å². The largest absolute Gasteiger partial charge is 0.482 e. The summed E-state index contributed by atoms with van der Waals surface area (Å²) in [6, 6.07) is 15.1. The quantitative estimate of drug-likeness (QED) is 0.755. The molecular formula is C19H17ClN2O4. The fourth-order valence-corrected chi connectivity index (χ4v) is 2.44. The number of benzene rings is 2. The SMILES string of the molecule is C[C@H](NC(=O)COC(=O)COc1ccc(C#N)cc1)c1ccccc1Cl. The van der Waals surface area contributed by atoms with Crippen molar-refractivity contribution in [2.75, 3.05) is 13.2 Å². The molecule has 0 aromatic heterocycles. The average molecular weight is 373 g/mol. The third kappa shape index (κ3) is 5.80. The number of nitrogens with zero attached hydrogens (tertiary/aromatic N) is 1. The molecule has 0 aliphatic carbocycles. The van der Waals surface area contributed by atoms with Crippen LogP contribution in [0.2, 0.25) is 5.02 Å². The molecule has 7 heteroatoms. The van der Waals surface area contributed by atoms with E-state index in [4.69, 9.17) is 26.3 Å². The summed E-state index contributed by atoms with van der Waals surface area (Å²) in [4.78, 5) is 23.5. The van der Waals surface area contributed by atoms with Crippen LogP contribution in [0.5, 0.6) is 5.75 Å². The lowest BCUT2D eigenvalue weighted by Gasteiger charge is -2.15. The van der Waals surface area contributed by atoms with Crippen LogP contribution in [-0.2, 0) is 14.3 Å². The van der Waals surface area contributed by atoms with Crippen molar-refractivity contribution in [2.24, 2.45) is 0 Å². The van der Waals surface area contributed by atoms with Crippen molar-refractivity contribution in [1.82, 2.24) is 5.32 Å². The third-order valence-corrected chi connectivity index (χ3v) is 3.80. The maximum Gasteiger partial charge on any atom is 0.344 e. The molecule has 2 rings (SSSR count). The monoisotopic (exact) mass is 372 g/mol. The van der Waals surface area contributed by atoms with Crippen molar-refractivity contribution in [2.45, 2.75) is 13.0 Å². The van der Waals surface area contributed by atoms with Gasteiger partial charge < -0.3 is 14.8 Å². The Kier molecular flexibility index (Phi) is 7.01. The molecule has 1 amide bonds. The molecule has 0 spiro atoms. The molecular weight excluding hydrogens is 356 g/mol. The van der Waals surface area contributed by atoms with Crippen LogP contribution in [-0.4, -0.2) is 25.1 Å². The van der Waals surface area contributed by atoms with Crippen molar-refractivity contribution in [1.29, 1.82) is 5.26 Å². The van der Waals surface area contributed by atoms with Gasteiger partial charge in [0.1, 0.15) is 5.75 Å². The van der Waals surface area contributed by atoms with Crippen molar-refractivity contribution in [3.8, 4) is 11.8 Å². The van der Waals surface area contributed by atoms with Crippen molar-refractivity contribution in [3.63, 3.8) is 0 Å². The fraction of sp³-hybridized carbons (Fsp3) is 0.211. The van der Waals surface area contributed by atoms with E-state index in [1.165, 1.54) is 0 Å². The summed E-state index contributed by atoms with van der Waals surface area (Å²) in [6.45, 7) is 1.04. The molecule has 0 saturated heterocycles. The summed E-state index contributed by atoms with van der Waals surface area (Å²) < 4.78 is 10.1. The molecule has 0 saturated carbocycles. The van der Waals surface area contributed by atoms with E-state index >= 15 is 0 Å². The first kappa shape index (κ1) is 19.3. The number of carbonyl (C=O) groups excluding carboxylic acids is 2. The lowest BCUT2D eigenvalue weighted by Crippen LogP contribution is -2.32. The summed E-state index contributed by atoms with van der Waals surface area (Å²) >= 11 is 6.08. The third-order valence-electron chi connectivity index (χ3n) is 3.45. The number of ether oxygens (including phenoxy) is 2. The first-order valence-electron chi connectivity index (χ1n) is 7.82. The van der Waals surface area contributed by atoms with Gasteiger partial charge in [-0.2, -0.15) is 5.26 Å². The van der Waals surface area contributed by atoms with Crippen LogP contribution in [0.25, 0.3) is 0 Å². The second kappa shape index (κ2) is 9.44. The zero-order chi connectivity index (χ0) is 18.9. The first-order valence-corrected chi connectivity index (χ1v) is 8.19. The van der Waals surface area contributed by atoms with Crippen LogP contribution in [0.15, 0.2) is 48.5 Å². The minimum Gasteiger partial charge on any atom is -0.482 e. The van der Waals surface area contributed by atoms with Crippen LogP contribution in [0.3, 0.4) is 0 Å². The molecule has 0 bridgehead atoms. The zero-order valence-corrected chi connectivity index (χ0v) is 14.8. The summed E-state index contributed by atoms with van der Waals surface area (Å²) in [6.07, 6.45) is 0. The van der Waals surface area contributed by atoms with E-state index < -0.39 is 18.5 Å². The Hall–Kier alpha value is -3.04. The number of carbonyl (C=O) groups is 2. The van der Waals surface area contributed by atoms with Gasteiger partial charge in [0.25, 0.3) is 5.91 Å². The second-order valence-corrected chi connectivity index (χ2v) is 5.80. The maximum atomic E-state index is 11.9. The predicted octanol–water partition coefficient (Wildman–Crippen LogP) is 3.01. The van der Waals surface area contributed by atoms with Gasteiger partial charge in [0.2, 0.25) is 0 Å². The van der Waals surface area contributed by atoms with Crippen LogP contribution in [0.1, 0.15) is 24.1 Å². The number of nitriles is 1. The number of halogens is 1. The molecule has 1 atom stereocenters. The Labute approximate surface area is 156 Å². The van der Waals surface area contributed by atoms with Gasteiger partial charge in [0.15, 0.2) is 13.2 Å². The molecule has 134 valence electrons. The summed E-state index contributed by atoms with van der Waals surface area (Å²) in [5.41, 5.74) is 1.27. The van der Waals surface area contributed by atoms with Crippen molar-refractivity contribution >= 4 is 23.5 Å². The zero-order valence-electron chi connectivity index (χ0n) is 14.1. The highest BCUT2D eigenvalue weighted by molar-refractivity contribution is 6.31. The van der Waals surface area contributed by atoms with E-state index in [-0.39, 0.29) is 12.6 Å². The number of hydrogen-bond donors (Lipinski definition) is 1. The Morgan fingerprint density at radius 1 is 1.15 bits per heavy atom.